The number of hydrogen-bond acceptors (Lipinski definition) is 5. The van der Waals surface area contributed by atoms with Gasteiger partial charge in [0.2, 0.25) is 5.91 Å². The number of Topliss-reactive ketones (excluding diaryl/α,β-unsaturated/α-hetero) is 1. The summed E-state index contributed by atoms with van der Waals surface area (Å²) >= 11 is 0. The second-order valence-electron chi connectivity index (χ2n) is 6.31. The van der Waals surface area contributed by atoms with Gasteiger partial charge in [0.15, 0.2) is 11.7 Å². The lowest BCUT2D eigenvalue weighted by atomic mass is 9.92. The SMILES string of the molecule is N#C[C@H](C(=O)Nc1ccccn1)C(=O)[C@H]1CC(=O)N(CC2CC2)C1. The summed E-state index contributed by atoms with van der Waals surface area (Å²) in [7, 11) is 0. The molecular formula is C17H18N4O3. The molecule has 7 heteroatoms. The Labute approximate surface area is 139 Å². The van der Waals surface area contributed by atoms with E-state index in [4.69, 9.17) is 0 Å². The fourth-order valence-corrected chi connectivity index (χ4v) is 2.87. The molecule has 2 amide bonds. The molecule has 1 aliphatic heterocycles. The number of anilines is 1. The number of hydrogen-bond donors (Lipinski definition) is 1. The third kappa shape index (κ3) is 3.59. The summed E-state index contributed by atoms with van der Waals surface area (Å²) in [5, 5.41) is 11.7. The topological polar surface area (TPSA) is 103 Å². The van der Waals surface area contributed by atoms with Gasteiger partial charge >= 0.3 is 0 Å². The van der Waals surface area contributed by atoms with Crippen LogP contribution in [-0.4, -0.2) is 40.6 Å². The highest BCUT2D eigenvalue weighted by atomic mass is 16.2. The van der Waals surface area contributed by atoms with Crippen molar-refractivity contribution < 1.29 is 14.4 Å². The Kier molecular flexibility index (Phi) is 4.56. The number of nitriles is 1. The van der Waals surface area contributed by atoms with Crippen LogP contribution < -0.4 is 5.32 Å². The Morgan fingerprint density at radius 1 is 1.42 bits per heavy atom. The van der Waals surface area contributed by atoms with E-state index >= 15 is 0 Å². The molecule has 7 nitrogen and oxygen atoms in total. The highest BCUT2D eigenvalue weighted by molar-refractivity contribution is 6.10. The van der Waals surface area contributed by atoms with E-state index in [1.54, 1.807) is 29.2 Å². The van der Waals surface area contributed by atoms with E-state index in [9.17, 15) is 19.6 Å². The van der Waals surface area contributed by atoms with E-state index in [-0.39, 0.29) is 18.1 Å². The van der Waals surface area contributed by atoms with Crippen molar-refractivity contribution in [3.63, 3.8) is 0 Å². The van der Waals surface area contributed by atoms with Gasteiger partial charge in [0, 0.05) is 31.6 Å². The first-order valence-corrected chi connectivity index (χ1v) is 8.01. The first-order chi connectivity index (χ1) is 11.6. The molecule has 0 spiro atoms. The molecule has 1 N–H and O–H groups in total. The molecule has 3 rings (SSSR count). The van der Waals surface area contributed by atoms with Gasteiger partial charge in [-0.25, -0.2) is 4.98 Å². The monoisotopic (exact) mass is 326 g/mol. The van der Waals surface area contributed by atoms with Crippen molar-refractivity contribution in [2.45, 2.75) is 19.3 Å². The van der Waals surface area contributed by atoms with Gasteiger partial charge in [-0.15, -0.1) is 0 Å². The minimum Gasteiger partial charge on any atom is -0.342 e. The van der Waals surface area contributed by atoms with Crippen LogP contribution in [0.2, 0.25) is 0 Å². The van der Waals surface area contributed by atoms with E-state index in [1.807, 2.05) is 0 Å². The van der Waals surface area contributed by atoms with Crippen LogP contribution in [0.1, 0.15) is 19.3 Å². The van der Waals surface area contributed by atoms with Crippen molar-refractivity contribution in [2.24, 2.45) is 17.8 Å². The maximum absolute atomic E-state index is 12.5. The van der Waals surface area contributed by atoms with Crippen LogP contribution >= 0.6 is 0 Å². The third-order valence-electron chi connectivity index (χ3n) is 4.38. The Balaban J connectivity index is 1.62. The lowest BCUT2D eigenvalue weighted by Crippen LogP contribution is -2.34. The highest BCUT2D eigenvalue weighted by Crippen LogP contribution is 2.32. The zero-order valence-corrected chi connectivity index (χ0v) is 13.1. The van der Waals surface area contributed by atoms with Crippen molar-refractivity contribution in [1.82, 2.24) is 9.88 Å². The number of likely N-dealkylation sites (tertiary alicyclic amines) is 1. The van der Waals surface area contributed by atoms with Crippen LogP contribution in [0, 0.1) is 29.1 Å². The number of pyridine rings is 1. The second-order valence-corrected chi connectivity index (χ2v) is 6.31. The predicted molar refractivity (Wildman–Crippen MR) is 84.4 cm³/mol. The molecule has 1 aliphatic carbocycles. The summed E-state index contributed by atoms with van der Waals surface area (Å²) in [6.45, 7) is 0.989. The molecule has 2 atom stereocenters. The van der Waals surface area contributed by atoms with Gasteiger partial charge in [0.1, 0.15) is 5.82 Å². The summed E-state index contributed by atoms with van der Waals surface area (Å²) in [6, 6.07) is 6.73. The molecule has 0 unspecified atom stereocenters. The van der Waals surface area contributed by atoms with Crippen LogP contribution in [0.25, 0.3) is 0 Å². The summed E-state index contributed by atoms with van der Waals surface area (Å²) in [6.07, 6.45) is 3.83. The minimum atomic E-state index is -1.43. The molecule has 0 radical (unpaired) electrons. The third-order valence-corrected chi connectivity index (χ3v) is 4.38. The molecule has 2 aliphatic rings. The fraction of sp³-hybridized carbons (Fsp3) is 0.471. The Morgan fingerprint density at radius 3 is 2.83 bits per heavy atom. The van der Waals surface area contributed by atoms with Crippen molar-refractivity contribution in [1.29, 1.82) is 5.26 Å². The number of rotatable bonds is 6. The maximum Gasteiger partial charge on any atom is 0.250 e. The van der Waals surface area contributed by atoms with Gasteiger partial charge in [-0.1, -0.05) is 6.07 Å². The van der Waals surface area contributed by atoms with Gasteiger partial charge < -0.3 is 10.2 Å². The van der Waals surface area contributed by atoms with Crippen LogP contribution in [0.4, 0.5) is 5.82 Å². The Bertz CT molecular complexity index is 694. The highest BCUT2D eigenvalue weighted by Gasteiger charge is 2.41. The van der Waals surface area contributed by atoms with Gasteiger partial charge in [0.25, 0.3) is 5.91 Å². The Hall–Kier alpha value is -2.75. The molecule has 2 heterocycles. The average molecular weight is 326 g/mol. The number of nitrogens with one attached hydrogen (secondary N) is 1. The van der Waals surface area contributed by atoms with Crippen LogP contribution in [-0.2, 0) is 14.4 Å². The molecular weight excluding hydrogens is 308 g/mol. The zero-order chi connectivity index (χ0) is 17.1. The molecule has 124 valence electrons. The standard InChI is InChI=1S/C17H18N4O3/c18-8-13(17(24)20-14-3-1-2-6-19-14)16(23)12-7-15(22)21(10-12)9-11-4-5-11/h1-3,6,11-13H,4-5,7,9-10H2,(H,19,20,24)/t12-,13-/m0/s1. The Morgan fingerprint density at radius 2 is 2.21 bits per heavy atom. The van der Waals surface area contributed by atoms with Crippen molar-refractivity contribution in [3.05, 3.63) is 24.4 Å². The molecule has 0 aromatic carbocycles. The number of carbonyl (C=O) groups is 3. The molecule has 2 fully saturated rings. The summed E-state index contributed by atoms with van der Waals surface area (Å²) in [4.78, 5) is 42.3. The van der Waals surface area contributed by atoms with Gasteiger partial charge in [0.05, 0.1) is 6.07 Å². The smallest absolute Gasteiger partial charge is 0.250 e. The van der Waals surface area contributed by atoms with Gasteiger partial charge in [-0.2, -0.15) is 5.26 Å². The van der Waals surface area contributed by atoms with Crippen LogP contribution in [0.3, 0.4) is 0 Å². The number of carbonyl (C=O) groups excluding carboxylic acids is 3. The fourth-order valence-electron chi connectivity index (χ4n) is 2.87. The molecule has 1 aromatic heterocycles. The van der Waals surface area contributed by atoms with Crippen molar-refractivity contribution in [2.75, 3.05) is 18.4 Å². The molecule has 0 bridgehead atoms. The summed E-state index contributed by atoms with van der Waals surface area (Å²) in [5.74, 6) is -2.44. The summed E-state index contributed by atoms with van der Waals surface area (Å²) < 4.78 is 0. The average Bonchev–Trinajstić information content (AvgIpc) is 3.31. The number of nitrogens with zero attached hydrogens (tertiary/aromatic N) is 3. The van der Waals surface area contributed by atoms with E-state index in [0.717, 1.165) is 12.8 Å². The number of ketones is 1. The largest absolute Gasteiger partial charge is 0.342 e. The lowest BCUT2D eigenvalue weighted by molar-refractivity contribution is -0.132. The first-order valence-electron chi connectivity index (χ1n) is 8.01. The molecule has 24 heavy (non-hydrogen) atoms. The van der Waals surface area contributed by atoms with Crippen LogP contribution in [0.15, 0.2) is 24.4 Å². The summed E-state index contributed by atoms with van der Waals surface area (Å²) in [5.41, 5.74) is 0. The number of aromatic nitrogens is 1. The zero-order valence-electron chi connectivity index (χ0n) is 13.1. The normalized spacial score (nSPS) is 21.2. The maximum atomic E-state index is 12.5. The van der Waals surface area contributed by atoms with E-state index < -0.39 is 23.5 Å². The predicted octanol–water partition coefficient (Wildman–Crippen LogP) is 0.987. The van der Waals surface area contributed by atoms with Crippen LogP contribution in [0.5, 0.6) is 0 Å². The second kappa shape index (κ2) is 6.79. The van der Waals surface area contributed by atoms with E-state index in [1.165, 1.54) is 6.20 Å². The molecule has 1 aromatic rings. The molecule has 1 saturated carbocycles. The number of amides is 2. The van der Waals surface area contributed by atoms with Crippen molar-refractivity contribution >= 4 is 23.4 Å². The van der Waals surface area contributed by atoms with E-state index in [0.29, 0.717) is 19.0 Å². The van der Waals surface area contributed by atoms with Crippen molar-refractivity contribution in [3.8, 4) is 6.07 Å². The quantitative estimate of drug-likeness (QED) is 0.785. The van der Waals surface area contributed by atoms with Gasteiger partial charge in [-0.05, 0) is 30.9 Å². The minimum absolute atomic E-state index is 0.0675. The molecule has 1 saturated heterocycles. The van der Waals surface area contributed by atoms with E-state index in [2.05, 4.69) is 10.3 Å². The first kappa shape index (κ1) is 16.1. The lowest BCUT2D eigenvalue weighted by Gasteiger charge is -2.16. The van der Waals surface area contributed by atoms with Gasteiger partial charge in [-0.3, -0.25) is 14.4 Å².